The Morgan fingerprint density at radius 1 is 0.545 bits per heavy atom. The van der Waals surface area contributed by atoms with E-state index >= 15 is 0 Å². The summed E-state index contributed by atoms with van der Waals surface area (Å²) in [6, 6.07) is 0. The van der Waals surface area contributed by atoms with Crippen molar-refractivity contribution < 1.29 is 301 Å². The largest absolute Gasteiger partial charge is 0.346 e. The van der Waals surface area contributed by atoms with E-state index in [9.17, 15) is 0 Å². The van der Waals surface area contributed by atoms with E-state index in [-0.39, 0.29) is 301 Å². The predicted octanol–water partition coefficient (Wildman–Crippen LogP) is 5.74. The molecule has 22 heavy (non-hydrogen) atoms. The fraction of sp³-hybridized carbons (Fsp3) is 0.769. The van der Waals surface area contributed by atoms with E-state index in [4.69, 9.17) is 0 Å². The van der Waals surface area contributed by atoms with Crippen molar-refractivity contribution in [2.24, 2.45) is 0 Å². The Morgan fingerprint density at radius 2 is 0.591 bits per heavy atom. The molecule has 0 aromatic heterocycles. The second kappa shape index (κ2) is 165. The fourth-order valence-electron chi connectivity index (χ4n) is 0. The molecule has 0 aromatic carbocycles. The SMILES string of the molecule is CC.CCCC.[Ar].[Ar].[Ar].[Ar].[Ar].[Ar].[CH2-]C.[CH2-]C.[CH2-]CC.[Pt].[Pt].[Y]. The molecule has 0 saturated carbocycles. The molecule has 0 unspecified atom stereocenters. The maximum absolute atomic E-state index is 3.49. The van der Waals surface area contributed by atoms with Crippen molar-refractivity contribution >= 4 is 0 Å². The molecule has 159 valence electrons. The van der Waals surface area contributed by atoms with Gasteiger partial charge in [0.05, 0.1) is 0 Å². The molecule has 0 nitrogen and oxygen atoms in total. The normalized spacial score (nSPS) is 3.00. The van der Waals surface area contributed by atoms with Crippen LogP contribution in [0.2, 0.25) is 0 Å². The molecular weight excluding hydrogens is 875 g/mol. The first kappa shape index (κ1) is 94.9. The zero-order valence-electron chi connectivity index (χ0n) is 14.6. The van der Waals surface area contributed by atoms with Crippen molar-refractivity contribution in [3.63, 3.8) is 0 Å². The van der Waals surface area contributed by atoms with Gasteiger partial charge in [-0.15, -0.1) is 0 Å². The first-order valence-corrected chi connectivity index (χ1v) is 5.54. The summed E-state index contributed by atoms with van der Waals surface area (Å²) in [7, 11) is 0. The second-order valence-corrected chi connectivity index (χ2v) is 1.50. The second-order valence-electron chi connectivity index (χ2n) is 1.50. The Hall–Kier alpha value is 10.0. The summed E-state index contributed by atoms with van der Waals surface area (Å²) in [4.78, 5) is 0. The third-order valence-corrected chi connectivity index (χ3v) is 0.500. The van der Waals surface area contributed by atoms with Crippen molar-refractivity contribution in [3.05, 3.63) is 20.8 Å². The van der Waals surface area contributed by atoms with Crippen LogP contribution in [0.5, 0.6) is 0 Å². The van der Waals surface area contributed by atoms with Crippen LogP contribution >= 0.6 is 0 Å². The predicted molar refractivity (Wildman–Crippen MR) is 69.6 cm³/mol. The summed E-state index contributed by atoms with van der Waals surface area (Å²) >= 11 is 0. The molecule has 0 aromatic rings. The maximum Gasteiger partial charge on any atom is 0 e. The summed E-state index contributed by atoms with van der Waals surface area (Å²) in [6.07, 6.45) is 3.64. The van der Waals surface area contributed by atoms with Gasteiger partial charge in [0.25, 0.3) is 0 Å². The fourth-order valence-corrected chi connectivity index (χ4v) is 0. The van der Waals surface area contributed by atoms with E-state index in [0.717, 1.165) is 6.42 Å². The van der Waals surface area contributed by atoms with Gasteiger partial charge in [0.1, 0.15) is 0 Å². The molecule has 0 aliphatic carbocycles. The first-order valence-electron chi connectivity index (χ1n) is 5.54. The Bertz CT molecular complexity index is 40.0. The Morgan fingerprint density at radius 3 is 0.591 bits per heavy atom. The van der Waals surface area contributed by atoms with Crippen LogP contribution in [-0.2, 0) is 74.8 Å². The average Bonchev–Trinajstić information content (AvgIpc) is 2.27. The molecule has 0 aliphatic rings. The molecule has 0 aliphatic heterocycles. The van der Waals surface area contributed by atoms with Crippen LogP contribution in [0.15, 0.2) is 0 Å². The summed E-state index contributed by atoms with van der Waals surface area (Å²) in [5.74, 6) is 0. The van der Waals surface area contributed by atoms with Gasteiger partial charge >= 0.3 is 0 Å². The first-order chi connectivity index (χ1) is 6.33. The molecule has 0 heterocycles. The molecular formula is C13H33Ar6Pt2Y-3. The van der Waals surface area contributed by atoms with Crippen LogP contribution in [-0.4, -0.2) is 0 Å². The van der Waals surface area contributed by atoms with Crippen molar-refractivity contribution in [3.8, 4) is 0 Å². The summed E-state index contributed by atoms with van der Waals surface area (Å²) in [6.45, 7) is 23.9. The number of hydrogen-bond acceptors (Lipinski definition) is 0. The minimum atomic E-state index is 0. The Balaban J connectivity index is -0.00000000281. The van der Waals surface area contributed by atoms with Crippen molar-refractivity contribution in [2.75, 3.05) is 0 Å². The van der Waals surface area contributed by atoms with Crippen LogP contribution in [0.25, 0.3) is 0 Å². The zero-order valence-corrected chi connectivity index (χ0v) is 26.2. The summed E-state index contributed by atoms with van der Waals surface area (Å²) in [5, 5.41) is 0. The quantitative estimate of drug-likeness (QED) is 0.295. The van der Waals surface area contributed by atoms with Crippen LogP contribution in [0, 0.1) is 247 Å². The summed E-state index contributed by atoms with van der Waals surface area (Å²) in [5.41, 5.74) is 0. The van der Waals surface area contributed by atoms with E-state index in [1.807, 2.05) is 20.8 Å². The number of unbranched alkanes of at least 4 members (excludes halogenated alkanes) is 1. The zero-order chi connectivity index (χ0) is 12.1. The number of hydrogen-bond donors (Lipinski definition) is 0. The van der Waals surface area contributed by atoms with E-state index in [1.54, 1.807) is 13.8 Å². The van der Waals surface area contributed by atoms with Crippen LogP contribution in [0.3, 0.4) is 0 Å². The van der Waals surface area contributed by atoms with Crippen molar-refractivity contribution in [2.45, 2.75) is 67.7 Å². The maximum atomic E-state index is 3.49. The van der Waals surface area contributed by atoms with E-state index < -0.39 is 0 Å². The molecule has 0 rings (SSSR count). The van der Waals surface area contributed by atoms with E-state index in [2.05, 4.69) is 34.6 Å². The van der Waals surface area contributed by atoms with Crippen LogP contribution < -0.4 is 0 Å². The Labute approximate surface area is 378 Å². The molecule has 0 fully saturated rings. The van der Waals surface area contributed by atoms with Gasteiger partial charge in [0, 0.05) is 301 Å². The van der Waals surface area contributed by atoms with Gasteiger partial charge in [-0.25, -0.2) is 0 Å². The standard InChI is InChI=1S/C4H10.C3H7.C2H6.2C2H5.6Ar.2Pt.Y/c1-3-4-2;1-3-2;3*1-2;;;;;;;;;/h3-4H2,1-2H3;1,3H2,2H3;1-2H3;2*1H2,2H3;;;;;;;;;/q;-1;;2*-1;;;;;;;;;. The van der Waals surface area contributed by atoms with E-state index in [1.165, 1.54) is 12.8 Å². The average molecular weight is 908 g/mol. The minimum absolute atomic E-state index is 0. The topological polar surface area (TPSA) is 0 Å². The smallest absolute Gasteiger partial charge is 0 e. The molecule has 0 amide bonds. The molecule has 0 N–H and O–H groups in total. The third kappa shape index (κ3) is 208. The van der Waals surface area contributed by atoms with Crippen LogP contribution in [0.1, 0.15) is 67.7 Å². The third-order valence-electron chi connectivity index (χ3n) is 0.500. The van der Waals surface area contributed by atoms with Gasteiger partial charge in [0.2, 0.25) is 0 Å². The monoisotopic (exact) mass is 908 g/mol. The minimum Gasteiger partial charge on any atom is -0.346 e. The molecule has 1 radical (unpaired) electrons. The molecule has 0 atom stereocenters. The molecule has 0 bridgehead atoms. The molecule has 0 spiro atoms. The van der Waals surface area contributed by atoms with Gasteiger partial charge in [-0.3, -0.25) is 0 Å². The van der Waals surface area contributed by atoms with Gasteiger partial charge in [-0.2, -0.15) is 20.3 Å². The number of rotatable bonds is 1. The Kier molecular flexibility index (Phi) is 710. The molecule has 0 saturated heterocycles. The van der Waals surface area contributed by atoms with Crippen molar-refractivity contribution in [1.29, 1.82) is 0 Å². The van der Waals surface area contributed by atoms with Gasteiger partial charge < -0.3 is 20.8 Å². The van der Waals surface area contributed by atoms with E-state index in [0.29, 0.717) is 0 Å². The molecule has 9 heteroatoms. The van der Waals surface area contributed by atoms with Gasteiger partial charge in [0.15, 0.2) is 0 Å². The van der Waals surface area contributed by atoms with Crippen molar-refractivity contribution in [1.82, 2.24) is 0 Å². The summed E-state index contributed by atoms with van der Waals surface area (Å²) < 4.78 is 0. The van der Waals surface area contributed by atoms with Gasteiger partial charge in [-0.05, 0) is 0 Å². The van der Waals surface area contributed by atoms with Gasteiger partial charge in [-0.1, -0.05) is 47.5 Å². The van der Waals surface area contributed by atoms with Crippen LogP contribution in [0.4, 0.5) is 0 Å².